The van der Waals surface area contributed by atoms with Crippen LogP contribution in [0.1, 0.15) is 110 Å². The number of rotatable bonds is 16. The molecule has 6 N–H and O–H groups in total. The SMILES string of the molecule is C=C.CCCCCCCCCCCCCCCCCCI.N.N. The lowest BCUT2D eigenvalue weighted by Gasteiger charge is -2.03. The standard InChI is InChI=1S/C18H37I.C2H4.2H3N/c1-2-3-4-5-6-7-8-9-10-11-12-13-14-15-16-17-18-19;1-2;;/h2-18H2,1H3;1-2H2;2*1H3. The highest BCUT2D eigenvalue weighted by atomic mass is 127. The third-order valence-electron chi connectivity index (χ3n) is 3.99. The summed E-state index contributed by atoms with van der Waals surface area (Å²) < 4.78 is 1.34. The summed E-state index contributed by atoms with van der Waals surface area (Å²) >= 11 is 2.49. The van der Waals surface area contributed by atoms with E-state index in [4.69, 9.17) is 0 Å². The summed E-state index contributed by atoms with van der Waals surface area (Å²) in [5.74, 6) is 0. The second-order valence-corrected chi connectivity index (χ2v) is 7.07. The first kappa shape index (κ1) is 31.2. The van der Waals surface area contributed by atoms with Gasteiger partial charge >= 0.3 is 0 Å². The fraction of sp³-hybridized carbons (Fsp3) is 0.900. The van der Waals surface area contributed by atoms with Gasteiger partial charge in [0, 0.05) is 0 Å². The van der Waals surface area contributed by atoms with E-state index < -0.39 is 0 Å². The minimum Gasteiger partial charge on any atom is -0.344 e. The van der Waals surface area contributed by atoms with Crippen molar-refractivity contribution in [1.82, 2.24) is 12.3 Å². The van der Waals surface area contributed by atoms with Gasteiger partial charge in [0.1, 0.15) is 0 Å². The van der Waals surface area contributed by atoms with Crippen LogP contribution in [0.5, 0.6) is 0 Å². The quantitative estimate of drug-likeness (QED) is 0.108. The van der Waals surface area contributed by atoms with Gasteiger partial charge in [-0.1, -0.05) is 126 Å². The highest BCUT2D eigenvalue weighted by Crippen LogP contribution is 2.13. The van der Waals surface area contributed by atoms with Crippen LogP contribution in [0.2, 0.25) is 0 Å². The molecule has 0 unspecified atom stereocenters. The van der Waals surface area contributed by atoms with Gasteiger partial charge in [0.05, 0.1) is 0 Å². The highest BCUT2D eigenvalue weighted by molar-refractivity contribution is 14.1. The van der Waals surface area contributed by atoms with E-state index in [1.165, 1.54) is 107 Å². The predicted octanol–water partition coefficient (Wildman–Crippen LogP) is 8.81. The summed E-state index contributed by atoms with van der Waals surface area (Å²) in [5.41, 5.74) is 0. The summed E-state index contributed by atoms with van der Waals surface area (Å²) in [6, 6.07) is 0. The maximum Gasteiger partial charge on any atom is -0.000473 e. The van der Waals surface area contributed by atoms with Crippen LogP contribution in [0.4, 0.5) is 0 Å². The van der Waals surface area contributed by atoms with Crippen molar-refractivity contribution in [2.24, 2.45) is 0 Å². The van der Waals surface area contributed by atoms with Crippen molar-refractivity contribution < 1.29 is 0 Å². The molecule has 0 saturated heterocycles. The molecule has 0 aliphatic heterocycles. The molecule has 0 aliphatic carbocycles. The van der Waals surface area contributed by atoms with Gasteiger partial charge in [0.15, 0.2) is 0 Å². The van der Waals surface area contributed by atoms with Crippen molar-refractivity contribution in [1.29, 1.82) is 0 Å². The van der Waals surface area contributed by atoms with Crippen LogP contribution in [-0.2, 0) is 0 Å². The van der Waals surface area contributed by atoms with Gasteiger partial charge < -0.3 is 12.3 Å². The molecule has 0 rings (SSSR count). The van der Waals surface area contributed by atoms with Gasteiger partial charge in [-0.25, -0.2) is 0 Å². The molecule has 0 atom stereocenters. The number of unbranched alkanes of at least 4 members (excludes halogenated alkanes) is 15. The Morgan fingerprint density at radius 1 is 0.478 bits per heavy atom. The Balaban J connectivity index is -0.000000432. The summed E-state index contributed by atoms with van der Waals surface area (Å²) in [7, 11) is 0. The molecular weight excluding hydrogens is 395 g/mol. The van der Waals surface area contributed by atoms with Gasteiger partial charge in [-0.3, -0.25) is 0 Å². The normalized spacial score (nSPS) is 9.30. The highest BCUT2D eigenvalue weighted by Gasteiger charge is 1.94. The zero-order valence-corrected chi connectivity index (χ0v) is 18.4. The van der Waals surface area contributed by atoms with Gasteiger partial charge in [-0.05, 0) is 10.8 Å². The van der Waals surface area contributed by atoms with Crippen LogP contribution >= 0.6 is 22.6 Å². The molecule has 0 aromatic carbocycles. The zero-order valence-electron chi connectivity index (χ0n) is 16.2. The van der Waals surface area contributed by atoms with Crippen LogP contribution in [0.25, 0.3) is 0 Å². The second kappa shape index (κ2) is 33.9. The van der Waals surface area contributed by atoms with E-state index in [0.717, 1.165) is 0 Å². The summed E-state index contributed by atoms with van der Waals surface area (Å²) in [6.45, 7) is 8.30. The molecule has 0 bridgehead atoms. The molecular formula is C20H47IN2. The number of alkyl halides is 1. The Morgan fingerprint density at radius 3 is 0.913 bits per heavy atom. The van der Waals surface area contributed by atoms with E-state index >= 15 is 0 Å². The molecule has 0 radical (unpaired) electrons. The van der Waals surface area contributed by atoms with Crippen LogP contribution in [-0.4, -0.2) is 4.43 Å². The van der Waals surface area contributed by atoms with Crippen molar-refractivity contribution in [3.05, 3.63) is 13.2 Å². The molecule has 3 heteroatoms. The monoisotopic (exact) mass is 442 g/mol. The summed E-state index contributed by atoms with van der Waals surface area (Å²) in [6.07, 6.45) is 23.5. The van der Waals surface area contributed by atoms with E-state index in [-0.39, 0.29) is 12.3 Å². The third-order valence-corrected chi connectivity index (χ3v) is 4.75. The first-order valence-electron chi connectivity index (χ1n) is 9.47. The predicted molar refractivity (Wildman–Crippen MR) is 120 cm³/mol. The van der Waals surface area contributed by atoms with E-state index in [1.54, 1.807) is 0 Å². The van der Waals surface area contributed by atoms with Crippen LogP contribution in [0.15, 0.2) is 13.2 Å². The molecule has 0 heterocycles. The van der Waals surface area contributed by atoms with Crippen LogP contribution in [0, 0.1) is 0 Å². The Labute approximate surface area is 162 Å². The third kappa shape index (κ3) is 34.7. The fourth-order valence-electron chi connectivity index (χ4n) is 2.64. The molecule has 0 fully saturated rings. The van der Waals surface area contributed by atoms with E-state index in [9.17, 15) is 0 Å². The molecule has 23 heavy (non-hydrogen) atoms. The lowest BCUT2D eigenvalue weighted by Crippen LogP contribution is -1.83. The van der Waals surface area contributed by atoms with E-state index in [1.807, 2.05) is 0 Å². The molecule has 0 aromatic heterocycles. The van der Waals surface area contributed by atoms with Crippen LogP contribution in [0.3, 0.4) is 0 Å². The lowest BCUT2D eigenvalue weighted by molar-refractivity contribution is 0.532. The molecule has 0 aromatic rings. The maximum atomic E-state index is 3.00. The average Bonchev–Trinajstić information content (AvgIpc) is 2.53. The summed E-state index contributed by atoms with van der Waals surface area (Å²) in [4.78, 5) is 0. The van der Waals surface area contributed by atoms with Crippen molar-refractivity contribution in [3.8, 4) is 0 Å². The van der Waals surface area contributed by atoms with Gasteiger partial charge in [-0.2, -0.15) is 0 Å². The zero-order chi connectivity index (χ0) is 16.0. The molecule has 2 nitrogen and oxygen atoms in total. The fourth-order valence-corrected chi connectivity index (χ4v) is 3.18. The molecule has 0 spiro atoms. The van der Waals surface area contributed by atoms with Gasteiger partial charge in [0.2, 0.25) is 0 Å². The largest absolute Gasteiger partial charge is 0.344 e. The van der Waals surface area contributed by atoms with E-state index in [0.29, 0.717) is 0 Å². The average molecular weight is 443 g/mol. The summed E-state index contributed by atoms with van der Waals surface area (Å²) in [5, 5.41) is 0. The smallest absolute Gasteiger partial charge is 0.000473 e. The second-order valence-electron chi connectivity index (χ2n) is 5.99. The topological polar surface area (TPSA) is 70.0 Å². The minimum absolute atomic E-state index is 0. The molecule has 0 aliphatic rings. The number of halogens is 1. The van der Waals surface area contributed by atoms with Crippen LogP contribution < -0.4 is 12.3 Å². The molecule has 144 valence electrons. The Kier molecular flexibility index (Phi) is 45.9. The first-order valence-corrected chi connectivity index (χ1v) is 11.0. The van der Waals surface area contributed by atoms with Crippen molar-refractivity contribution in [2.75, 3.05) is 4.43 Å². The minimum atomic E-state index is 0. The van der Waals surface area contributed by atoms with Crippen molar-refractivity contribution in [3.63, 3.8) is 0 Å². The Morgan fingerprint density at radius 2 is 0.696 bits per heavy atom. The van der Waals surface area contributed by atoms with Crippen molar-refractivity contribution in [2.45, 2.75) is 110 Å². The maximum absolute atomic E-state index is 3.00. The first-order chi connectivity index (χ1) is 10.4. The number of hydrogen-bond acceptors (Lipinski definition) is 2. The van der Waals surface area contributed by atoms with Gasteiger partial charge in [-0.15, -0.1) is 13.2 Å². The Hall–Kier alpha value is 0.390. The van der Waals surface area contributed by atoms with Crippen molar-refractivity contribution >= 4 is 22.6 Å². The molecule has 0 amide bonds. The Bertz CT molecular complexity index is 150. The number of hydrogen-bond donors (Lipinski definition) is 2. The lowest BCUT2D eigenvalue weighted by atomic mass is 10.0. The van der Waals surface area contributed by atoms with Gasteiger partial charge in [0.25, 0.3) is 0 Å². The van der Waals surface area contributed by atoms with E-state index in [2.05, 4.69) is 42.7 Å². The molecule has 0 saturated carbocycles.